The second-order valence-electron chi connectivity index (χ2n) is 2.44. The molecule has 0 radical (unpaired) electrons. The van der Waals surface area contributed by atoms with Crippen LogP contribution < -0.4 is 0 Å². The average Bonchev–Trinajstić information content (AvgIpc) is 2.57. The molecule has 0 bridgehead atoms. The minimum atomic E-state index is 0. The fraction of sp³-hybridized carbons (Fsp3) is 0.250. The smallest absolute Gasteiger partial charge is 0.0452 e. The van der Waals surface area contributed by atoms with Crippen molar-refractivity contribution in [2.24, 2.45) is 5.11 Å². The monoisotopic (exact) mass is 387 g/mol. The van der Waals surface area contributed by atoms with Gasteiger partial charge in [-0.1, -0.05) is 34.4 Å². The van der Waals surface area contributed by atoms with Crippen molar-refractivity contribution in [1.29, 1.82) is 0 Å². The van der Waals surface area contributed by atoms with Crippen LogP contribution in [0.25, 0.3) is 10.4 Å². The molecule has 0 aliphatic rings. The van der Waals surface area contributed by atoms with Gasteiger partial charge in [0.25, 0.3) is 0 Å². The number of rotatable bonds is 3. The predicted octanol–water partition coefficient (Wildman–Crippen LogP) is 7.36. The first-order valence-corrected chi connectivity index (χ1v) is 5.01. The Morgan fingerprint density at radius 2 is 1.41 bits per heavy atom. The van der Waals surface area contributed by atoms with Crippen molar-refractivity contribution in [3.05, 3.63) is 44.3 Å². The van der Waals surface area contributed by atoms with E-state index in [0.717, 1.165) is 5.56 Å². The highest BCUT2D eigenvalue weighted by Crippen LogP contribution is 2.21. The van der Waals surface area contributed by atoms with Crippen LogP contribution in [-0.4, -0.2) is 6.54 Å². The summed E-state index contributed by atoms with van der Waals surface area (Å²) in [6.07, 6.45) is 0.639. The molecule has 0 aliphatic carbocycles. The zero-order valence-corrected chi connectivity index (χ0v) is 11.7. The summed E-state index contributed by atoms with van der Waals surface area (Å²) in [5.41, 5.74) is 9.00. The van der Waals surface area contributed by atoms with Crippen LogP contribution in [0.15, 0.2) is 23.3 Å². The van der Waals surface area contributed by atoms with Gasteiger partial charge in [0.05, 0.1) is 0 Å². The van der Waals surface area contributed by atoms with Gasteiger partial charge < -0.3 is 0 Å². The third-order valence-corrected chi connectivity index (χ3v) is 2.15. The van der Waals surface area contributed by atoms with Crippen molar-refractivity contribution in [1.82, 2.24) is 0 Å². The van der Waals surface area contributed by atoms with E-state index in [0.29, 0.717) is 23.0 Å². The van der Waals surface area contributed by atoms with E-state index in [1.165, 1.54) is 0 Å². The third-order valence-electron chi connectivity index (χ3n) is 1.56. The molecular weight excluding hydrogens is 380 g/mol. The fourth-order valence-corrected chi connectivity index (χ4v) is 1.44. The quantitative estimate of drug-likeness (QED) is 0.225. The molecule has 0 saturated heterocycles. The summed E-state index contributed by atoms with van der Waals surface area (Å²) < 4.78 is 64.0. The first kappa shape index (κ1) is 32.4. The lowest BCUT2D eigenvalue weighted by atomic mass is 10.1. The number of benzene rings is 1. The maximum Gasteiger partial charge on any atom is 0.0452 e. The molecule has 0 aliphatic heterocycles. The van der Waals surface area contributed by atoms with E-state index >= 15 is 0 Å². The van der Waals surface area contributed by atoms with Crippen LogP contribution in [0, 0.1) is 0 Å². The molecular formula is C8H8Cl2F9N3. The summed E-state index contributed by atoms with van der Waals surface area (Å²) in [6.45, 7) is 0.415. The summed E-state index contributed by atoms with van der Waals surface area (Å²) in [5.74, 6) is 0. The van der Waals surface area contributed by atoms with E-state index < -0.39 is 0 Å². The maximum absolute atomic E-state index is 8.06. The van der Waals surface area contributed by atoms with Crippen molar-refractivity contribution < 1.29 is 41.3 Å². The van der Waals surface area contributed by atoms with Gasteiger partial charge in [-0.15, -0.1) is 0 Å². The Morgan fingerprint density at radius 3 is 1.77 bits per heavy atom. The molecule has 1 aromatic carbocycles. The van der Waals surface area contributed by atoms with Gasteiger partial charge in [-0.25, -0.2) is 0 Å². The van der Waals surface area contributed by atoms with Gasteiger partial charge in [-0.3, -0.25) is 4.70 Å². The third kappa shape index (κ3) is 20.8. The lowest BCUT2D eigenvalue weighted by Crippen LogP contribution is -1.89. The van der Waals surface area contributed by atoms with Crippen LogP contribution in [0.1, 0.15) is 5.56 Å². The van der Waals surface area contributed by atoms with Crippen LogP contribution in [0.2, 0.25) is 10.0 Å². The number of nitrogens with zero attached hydrogens (tertiary/aromatic N) is 3. The molecule has 1 aromatic rings. The zero-order chi connectivity index (χ0) is 17.7. The highest BCUT2D eigenvalue weighted by atomic mass is 35.5. The van der Waals surface area contributed by atoms with Gasteiger partial charge in [-0.2, -0.15) is 0 Å². The number of azide groups is 1. The number of hydrogen-bond donors (Lipinski definition) is 0. The molecule has 3 nitrogen and oxygen atoms in total. The molecule has 0 atom stereocenters. The first-order valence-electron chi connectivity index (χ1n) is 4.26. The van der Waals surface area contributed by atoms with Gasteiger partial charge in [0.1, 0.15) is 0 Å². The maximum atomic E-state index is 8.06. The second kappa shape index (κ2) is 31.7. The molecule has 0 N–H and O–H groups in total. The van der Waals surface area contributed by atoms with E-state index in [1.807, 2.05) is 6.07 Å². The van der Waals surface area contributed by atoms with Crippen LogP contribution in [0.3, 0.4) is 0 Å². The Balaban J connectivity index is -0.0000000932. The van der Waals surface area contributed by atoms with Gasteiger partial charge >= 0.3 is 0 Å². The fourth-order valence-electron chi connectivity index (χ4n) is 0.940. The summed E-state index contributed by atoms with van der Waals surface area (Å²) in [7, 11) is 0. The number of halogens is 11. The molecule has 1 rings (SSSR count). The molecule has 0 fully saturated rings. The summed E-state index contributed by atoms with van der Waals surface area (Å²) in [6, 6.07) is 5.27. The molecule has 0 spiro atoms. The minimum absolute atomic E-state index is 0. The van der Waals surface area contributed by atoms with Gasteiger partial charge in [-0.05, 0) is 29.6 Å². The van der Waals surface area contributed by atoms with Crippen LogP contribution in [0.5, 0.6) is 0 Å². The average molecular weight is 388 g/mol. The van der Waals surface area contributed by atoms with Crippen molar-refractivity contribution in [3.8, 4) is 0 Å². The van der Waals surface area contributed by atoms with Gasteiger partial charge in [0, 0.05) is 58.1 Å². The van der Waals surface area contributed by atoms with Gasteiger partial charge in [0.15, 0.2) is 0 Å². The largest absolute Gasteiger partial charge is 0.269 e. The van der Waals surface area contributed by atoms with Gasteiger partial charge in [0.2, 0.25) is 0 Å². The molecule has 0 heterocycles. The summed E-state index contributed by atoms with van der Waals surface area (Å²) in [5, 5.41) is 4.64. The van der Waals surface area contributed by atoms with E-state index in [-0.39, 0.29) is 4.70 Å². The van der Waals surface area contributed by atoms with Crippen LogP contribution >= 0.6 is 23.2 Å². The van der Waals surface area contributed by atoms with Crippen molar-refractivity contribution in [3.63, 3.8) is 0 Å². The highest BCUT2D eigenvalue weighted by Gasteiger charge is 1.99. The topological polar surface area (TPSA) is 48.8 Å². The second-order valence-corrected chi connectivity index (χ2v) is 3.28. The standard InChI is InChI=1S/C8H7Cl2N3.4F2.FH/c9-7-2-1-6(8(10)5-7)3-4-12-13-11;4*1-2;/h1-2,5H,3-4H2;;;;;1H. The number of hydrogen-bond acceptors (Lipinski definition) is 1. The molecule has 22 heavy (non-hydrogen) atoms. The summed E-state index contributed by atoms with van der Waals surface area (Å²) in [4.78, 5) is 2.65. The van der Waals surface area contributed by atoms with Crippen molar-refractivity contribution in [2.75, 3.05) is 6.54 Å². The SMILES string of the molecule is F.FF.FF.FF.FF.[N-]=[N+]=NCCc1ccc(Cl)cc1Cl. The minimum Gasteiger partial charge on any atom is -0.269 e. The molecule has 0 amide bonds. The Bertz CT molecular complexity index is 367. The lowest BCUT2D eigenvalue weighted by molar-refractivity contribution is 0.108. The lowest BCUT2D eigenvalue weighted by Gasteiger charge is -2.01. The molecule has 14 heteroatoms. The van der Waals surface area contributed by atoms with Crippen molar-refractivity contribution in [2.45, 2.75) is 6.42 Å². The Hall–Kier alpha value is -1.52. The van der Waals surface area contributed by atoms with E-state index in [2.05, 4.69) is 10.0 Å². The van der Waals surface area contributed by atoms with Crippen molar-refractivity contribution >= 4 is 23.2 Å². The van der Waals surface area contributed by atoms with E-state index in [4.69, 9.17) is 65.3 Å². The first-order chi connectivity index (χ1) is 10.2. The predicted molar refractivity (Wildman–Crippen MR) is 65.5 cm³/mol. The molecule has 132 valence electrons. The highest BCUT2D eigenvalue weighted by molar-refractivity contribution is 6.35. The van der Waals surface area contributed by atoms with Crippen LogP contribution in [0.4, 0.5) is 41.3 Å². The Labute approximate surface area is 127 Å². The normalized spacial score (nSPS) is 6.64. The molecule has 0 saturated carbocycles. The Morgan fingerprint density at radius 1 is 0.955 bits per heavy atom. The Kier molecular flexibility index (Phi) is 46.8. The van der Waals surface area contributed by atoms with E-state index in [9.17, 15) is 0 Å². The molecule has 0 aromatic heterocycles. The summed E-state index contributed by atoms with van der Waals surface area (Å²) >= 11 is 11.6. The van der Waals surface area contributed by atoms with Crippen LogP contribution in [-0.2, 0) is 6.42 Å². The van der Waals surface area contributed by atoms with E-state index in [1.54, 1.807) is 12.1 Å². The zero-order valence-electron chi connectivity index (χ0n) is 10.2. The molecule has 0 unspecified atom stereocenters.